The molecule has 4 nitrogen and oxygen atoms in total. The molecule has 1 aromatic carbocycles. The molecule has 1 aliphatic rings. The molecule has 0 spiro atoms. The van der Waals surface area contributed by atoms with E-state index in [1.54, 1.807) is 0 Å². The van der Waals surface area contributed by atoms with E-state index in [1.807, 2.05) is 18.3 Å². The van der Waals surface area contributed by atoms with Gasteiger partial charge in [0.25, 0.3) is 0 Å². The Morgan fingerprint density at radius 1 is 1.12 bits per heavy atom. The van der Waals surface area contributed by atoms with Crippen LogP contribution in [0.2, 0.25) is 0 Å². The molecule has 1 aliphatic carbocycles. The average Bonchev–Trinajstić information content (AvgIpc) is 3.13. The Morgan fingerprint density at radius 2 is 1.92 bits per heavy atom. The van der Waals surface area contributed by atoms with Crippen LogP contribution in [0.3, 0.4) is 0 Å². The first-order valence-corrected chi connectivity index (χ1v) is 9.22. The lowest BCUT2D eigenvalue weighted by Gasteiger charge is -2.13. The molecule has 0 aliphatic heterocycles. The average molecular weight is 338 g/mol. The Labute approximate surface area is 146 Å². The Hall–Kier alpha value is -2.14. The van der Waals surface area contributed by atoms with Crippen molar-refractivity contribution in [1.82, 2.24) is 9.97 Å². The lowest BCUT2D eigenvalue weighted by molar-refractivity contribution is 0.916. The summed E-state index contributed by atoms with van der Waals surface area (Å²) in [6.07, 6.45) is 3.62. The van der Waals surface area contributed by atoms with Crippen LogP contribution in [0.15, 0.2) is 24.3 Å². The predicted octanol–water partition coefficient (Wildman–Crippen LogP) is 4.17. The zero-order chi connectivity index (χ0) is 16.7. The molecular formula is C19H22N4S. The Balaban J connectivity index is 1.62. The van der Waals surface area contributed by atoms with Gasteiger partial charge in [-0.2, -0.15) is 0 Å². The maximum atomic E-state index is 4.69. The van der Waals surface area contributed by atoms with Crippen molar-refractivity contribution in [2.45, 2.75) is 32.7 Å². The summed E-state index contributed by atoms with van der Waals surface area (Å²) in [7, 11) is 4.12. The summed E-state index contributed by atoms with van der Waals surface area (Å²) in [5.41, 5.74) is 3.95. The third-order valence-corrected chi connectivity index (χ3v) is 5.77. The SMILES string of the molecule is Cc1nc(NCc2ccc(N(C)C)cc2)c2c3c(sc2n1)CCC3. The molecule has 0 fully saturated rings. The summed E-state index contributed by atoms with van der Waals surface area (Å²) in [6, 6.07) is 8.65. The Bertz CT molecular complexity index is 881. The fourth-order valence-electron chi connectivity index (χ4n) is 3.33. The van der Waals surface area contributed by atoms with Gasteiger partial charge >= 0.3 is 0 Å². The second-order valence-corrected chi connectivity index (χ2v) is 7.65. The molecule has 4 rings (SSSR count). The summed E-state index contributed by atoms with van der Waals surface area (Å²) >= 11 is 1.84. The van der Waals surface area contributed by atoms with Crippen molar-refractivity contribution in [3.05, 3.63) is 46.1 Å². The van der Waals surface area contributed by atoms with E-state index in [0.717, 1.165) is 29.4 Å². The van der Waals surface area contributed by atoms with E-state index in [1.165, 1.54) is 39.9 Å². The fourth-order valence-corrected chi connectivity index (χ4v) is 4.63. The molecule has 3 aromatic rings. The van der Waals surface area contributed by atoms with Crippen molar-refractivity contribution in [3.63, 3.8) is 0 Å². The number of nitrogens with one attached hydrogen (secondary N) is 1. The predicted molar refractivity (Wildman–Crippen MR) is 102 cm³/mol. The van der Waals surface area contributed by atoms with Crippen LogP contribution in [-0.2, 0) is 19.4 Å². The van der Waals surface area contributed by atoms with Gasteiger partial charge in [-0.1, -0.05) is 12.1 Å². The molecule has 0 atom stereocenters. The van der Waals surface area contributed by atoms with Gasteiger partial charge in [-0.05, 0) is 49.4 Å². The van der Waals surface area contributed by atoms with Crippen LogP contribution in [0.4, 0.5) is 11.5 Å². The highest BCUT2D eigenvalue weighted by Gasteiger charge is 2.21. The van der Waals surface area contributed by atoms with Crippen molar-refractivity contribution in [1.29, 1.82) is 0 Å². The number of fused-ring (bicyclic) bond motifs is 3. The van der Waals surface area contributed by atoms with Gasteiger partial charge in [0, 0.05) is 31.2 Å². The van der Waals surface area contributed by atoms with E-state index >= 15 is 0 Å². The van der Waals surface area contributed by atoms with Gasteiger partial charge in [-0.15, -0.1) is 11.3 Å². The van der Waals surface area contributed by atoms with E-state index < -0.39 is 0 Å². The third-order valence-electron chi connectivity index (χ3n) is 4.59. The van der Waals surface area contributed by atoms with Gasteiger partial charge < -0.3 is 10.2 Å². The molecule has 5 heteroatoms. The van der Waals surface area contributed by atoms with Crippen LogP contribution in [-0.4, -0.2) is 24.1 Å². The van der Waals surface area contributed by atoms with Crippen molar-refractivity contribution >= 4 is 33.1 Å². The van der Waals surface area contributed by atoms with Gasteiger partial charge in [0.2, 0.25) is 0 Å². The minimum atomic E-state index is 0.782. The minimum Gasteiger partial charge on any atom is -0.378 e. The highest BCUT2D eigenvalue weighted by Crippen LogP contribution is 2.39. The zero-order valence-electron chi connectivity index (χ0n) is 14.4. The zero-order valence-corrected chi connectivity index (χ0v) is 15.2. The molecule has 0 saturated carbocycles. The van der Waals surface area contributed by atoms with Gasteiger partial charge in [0.1, 0.15) is 16.5 Å². The largest absolute Gasteiger partial charge is 0.378 e. The van der Waals surface area contributed by atoms with Gasteiger partial charge in [-0.25, -0.2) is 9.97 Å². The van der Waals surface area contributed by atoms with Crippen LogP contribution in [0.5, 0.6) is 0 Å². The number of anilines is 2. The van der Waals surface area contributed by atoms with E-state index in [9.17, 15) is 0 Å². The summed E-state index contributed by atoms with van der Waals surface area (Å²) in [5.74, 6) is 1.83. The smallest absolute Gasteiger partial charge is 0.139 e. The minimum absolute atomic E-state index is 0.782. The number of hydrogen-bond acceptors (Lipinski definition) is 5. The van der Waals surface area contributed by atoms with Crippen molar-refractivity contribution < 1.29 is 0 Å². The van der Waals surface area contributed by atoms with E-state index in [4.69, 9.17) is 0 Å². The van der Waals surface area contributed by atoms with Crippen LogP contribution >= 0.6 is 11.3 Å². The first kappa shape index (κ1) is 15.4. The van der Waals surface area contributed by atoms with Crippen LogP contribution in [0.25, 0.3) is 10.2 Å². The highest BCUT2D eigenvalue weighted by atomic mass is 32.1. The Kier molecular flexibility index (Phi) is 3.88. The number of rotatable bonds is 4. The second-order valence-electron chi connectivity index (χ2n) is 6.57. The number of nitrogens with zero attached hydrogens (tertiary/aromatic N) is 3. The highest BCUT2D eigenvalue weighted by molar-refractivity contribution is 7.19. The monoisotopic (exact) mass is 338 g/mol. The van der Waals surface area contributed by atoms with Crippen LogP contribution < -0.4 is 10.2 Å². The molecule has 124 valence electrons. The molecule has 24 heavy (non-hydrogen) atoms. The van der Waals surface area contributed by atoms with Crippen molar-refractivity contribution in [2.24, 2.45) is 0 Å². The number of hydrogen-bond donors (Lipinski definition) is 1. The van der Waals surface area contributed by atoms with E-state index in [2.05, 4.69) is 58.5 Å². The summed E-state index contributed by atoms with van der Waals surface area (Å²) in [4.78, 5) is 14.1. The topological polar surface area (TPSA) is 41.1 Å². The third kappa shape index (κ3) is 2.73. The molecule has 0 amide bonds. The molecule has 2 aromatic heterocycles. The van der Waals surface area contributed by atoms with Gasteiger partial charge in [0.15, 0.2) is 0 Å². The first-order chi connectivity index (χ1) is 11.6. The molecule has 0 radical (unpaired) electrons. The fraction of sp³-hybridized carbons (Fsp3) is 0.368. The summed E-state index contributed by atoms with van der Waals surface area (Å²) in [6.45, 7) is 2.76. The summed E-state index contributed by atoms with van der Waals surface area (Å²) in [5, 5.41) is 4.80. The normalized spacial score (nSPS) is 13.3. The number of aromatic nitrogens is 2. The summed E-state index contributed by atoms with van der Waals surface area (Å²) < 4.78 is 0. The second kappa shape index (κ2) is 6.06. The molecule has 0 bridgehead atoms. The number of aryl methyl sites for hydroxylation is 3. The van der Waals surface area contributed by atoms with E-state index in [-0.39, 0.29) is 0 Å². The van der Waals surface area contributed by atoms with Crippen molar-refractivity contribution in [2.75, 3.05) is 24.3 Å². The Morgan fingerprint density at radius 3 is 2.67 bits per heavy atom. The van der Waals surface area contributed by atoms with Gasteiger partial charge in [0.05, 0.1) is 5.39 Å². The van der Waals surface area contributed by atoms with E-state index in [0.29, 0.717) is 0 Å². The standard InChI is InChI=1S/C19H22N4S/c1-12-21-18(17-15-5-4-6-16(15)24-19(17)22-12)20-11-13-7-9-14(10-8-13)23(2)3/h7-10H,4-6,11H2,1-3H3,(H,20,21,22). The molecule has 2 heterocycles. The van der Waals surface area contributed by atoms with Crippen LogP contribution in [0, 0.1) is 6.92 Å². The molecule has 0 saturated heterocycles. The van der Waals surface area contributed by atoms with Crippen LogP contribution in [0.1, 0.15) is 28.2 Å². The quantitative estimate of drug-likeness (QED) is 0.775. The van der Waals surface area contributed by atoms with Gasteiger partial charge in [-0.3, -0.25) is 0 Å². The number of benzene rings is 1. The maximum absolute atomic E-state index is 4.69. The lowest BCUT2D eigenvalue weighted by atomic mass is 10.1. The molecule has 1 N–H and O–H groups in total. The lowest BCUT2D eigenvalue weighted by Crippen LogP contribution is -2.09. The maximum Gasteiger partial charge on any atom is 0.139 e. The van der Waals surface area contributed by atoms with Crippen molar-refractivity contribution in [3.8, 4) is 0 Å². The molecular weight excluding hydrogens is 316 g/mol. The molecule has 0 unspecified atom stereocenters. The first-order valence-electron chi connectivity index (χ1n) is 8.41. The number of thiophene rings is 1.